The smallest absolute Gasteiger partial charge is 0.295 e. The largest absolute Gasteiger partial charge is 0.352 e. The van der Waals surface area contributed by atoms with E-state index in [0.29, 0.717) is 43.2 Å². The van der Waals surface area contributed by atoms with Gasteiger partial charge in [0.15, 0.2) is 11.5 Å². The third kappa shape index (κ3) is 5.00. The van der Waals surface area contributed by atoms with Crippen LogP contribution in [0.2, 0.25) is 0 Å². The quantitative estimate of drug-likeness (QED) is 0.451. The van der Waals surface area contributed by atoms with Crippen LogP contribution in [0.4, 0.5) is 5.82 Å². The Hall–Kier alpha value is -4.00. The molecule has 0 unspecified atom stereocenters. The SMILES string of the molecule is Cc1ccc(Cn2c(=O)c(N3CCC[C@H](C(=O)NCc4ccccc4C)C3)nc3cccnc32)cc1. The number of nitrogens with one attached hydrogen (secondary N) is 1. The van der Waals surface area contributed by atoms with Gasteiger partial charge in [-0.25, -0.2) is 9.97 Å². The number of pyridine rings is 1. The molecule has 1 N–H and O–H groups in total. The number of nitrogens with zero attached hydrogens (tertiary/aromatic N) is 4. The van der Waals surface area contributed by atoms with Crippen LogP contribution in [-0.4, -0.2) is 33.5 Å². The van der Waals surface area contributed by atoms with E-state index in [1.807, 2.05) is 79.4 Å². The molecule has 0 radical (unpaired) electrons. The predicted octanol–water partition coefficient (Wildman–Crippen LogP) is 3.99. The van der Waals surface area contributed by atoms with Crippen LogP contribution in [-0.2, 0) is 17.9 Å². The fourth-order valence-corrected chi connectivity index (χ4v) is 4.81. The van der Waals surface area contributed by atoms with Gasteiger partial charge in [0, 0.05) is 25.8 Å². The number of hydrogen-bond acceptors (Lipinski definition) is 5. The molecule has 4 aromatic rings. The fraction of sp³-hybridized carbons (Fsp3) is 0.310. The standard InChI is InChI=1S/C29H31N5O2/c1-20-11-13-22(14-12-20)18-34-26-25(10-5-15-30-26)32-27(29(34)36)33-16-6-9-24(19-33)28(35)31-17-23-8-4-3-7-21(23)2/h3-5,7-8,10-15,24H,6,9,16-19H2,1-2H3,(H,31,35)/t24-/m0/s1. The van der Waals surface area contributed by atoms with Gasteiger partial charge in [-0.15, -0.1) is 0 Å². The summed E-state index contributed by atoms with van der Waals surface area (Å²) in [5, 5.41) is 3.09. The van der Waals surface area contributed by atoms with Gasteiger partial charge in [-0.05, 0) is 55.5 Å². The molecule has 36 heavy (non-hydrogen) atoms. The first kappa shape index (κ1) is 23.7. The highest BCUT2D eigenvalue weighted by Crippen LogP contribution is 2.22. The second-order valence-corrected chi connectivity index (χ2v) is 9.59. The van der Waals surface area contributed by atoms with E-state index in [4.69, 9.17) is 4.98 Å². The minimum Gasteiger partial charge on any atom is -0.352 e. The highest BCUT2D eigenvalue weighted by Gasteiger charge is 2.28. The average molecular weight is 482 g/mol. The molecule has 2 aromatic carbocycles. The molecular formula is C29H31N5O2. The molecule has 1 amide bonds. The maximum atomic E-state index is 13.7. The minimum absolute atomic E-state index is 0.0189. The van der Waals surface area contributed by atoms with Crippen molar-refractivity contribution in [3.8, 4) is 0 Å². The molecule has 1 aliphatic heterocycles. The molecule has 1 atom stereocenters. The summed E-state index contributed by atoms with van der Waals surface area (Å²) in [6.45, 7) is 6.17. The first-order chi connectivity index (χ1) is 17.5. The van der Waals surface area contributed by atoms with Gasteiger partial charge in [0.2, 0.25) is 5.91 Å². The van der Waals surface area contributed by atoms with E-state index in [1.165, 1.54) is 5.56 Å². The van der Waals surface area contributed by atoms with Crippen molar-refractivity contribution in [3.05, 3.63) is 99.5 Å². The number of hydrogen-bond donors (Lipinski definition) is 1. The Labute approximate surface area is 210 Å². The van der Waals surface area contributed by atoms with Crippen LogP contribution in [0.1, 0.15) is 35.1 Å². The van der Waals surface area contributed by atoms with Crippen LogP contribution in [0.15, 0.2) is 71.7 Å². The number of aromatic nitrogens is 3. The zero-order chi connectivity index (χ0) is 25.1. The van der Waals surface area contributed by atoms with Crippen molar-refractivity contribution in [3.63, 3.8) is 0 Å². The first-order valence-electron chi connectivity index (χ1n) is 12.5. The van der Waals surface area contributed by atoms with Crippen LogP contribution in [0.5, 0.6) is 0 Å². The normalized spacial score (nSPS) is 15.7. The van der Waals surface area contributed by atoms with Crippen LogP contribution in [0.25, 0.3) is 11.2 Å². The molecule has 5 rings (SSSR count). The van der Waals surface area contributed by atoms with E-state index in [0.717, 1.165) is 29.5 Å². The molecule has 0 aliphatic carbocycles. The predicted molar refractivity (Wildman–Crippen MR) is 142 cm³/mol. The Morgan fingerprint density at radius 2 is 1.86 bits per heavy atom. The van der Waals surface area contributed by atoms with Gasteiger partial charge in [-0.2, -0.15) is 0 Å². The van der Waals surface area contributed by atoms with Gasteiger partial charge in [0.25, 0.3) is 5.56 Å². The summed E-state index contributed by atoms with van der Waals surface area (Å²) in [6.07, 6.45) is 3.31. The lowest BCUT2D eigenvalue weighted by Crippen LogP contribution is -2.45. The Bertz CT molecular complexity index is 1440. The maximum Gasteiger partial charge on any atom is 0.295 e. The number of rotatable bonds is 6. The molecule has 1 fully saturated rings. The minimum atomic E-state index is -0.195. The monoisotopic (exact) mass is 481 g/mol. The van der Waals surface area contributed by atoms with Gasteiger partial charge >= 0.3 is 0 Å². The summed E-state index contributed by atoms with van der Waals surface area (Å²) in [4.78, 5) is 37.9. The summed E-state index contributed by atoms with van der Waals surface area (Å²) in [6, 6.07) is 19.9. The topological polar surface area (TPSA) is 80.1 Å². The summed E-state index contributed by atoms with van der Waals surface area (Å²) in [7, 11) is 0. The van der Waals surface area contributed by atoms with E-state index >= 15 is 0 Å². The lowest BCUT2D eigenvalue weighted by Gasteiger charge is -2.32. The first-order valence-corrected chi connectivity index (χ1v) is 12.5. The second kappa shape index (κ2) is 10.3. The van der Waals surface area contributed by atoms with Crippen molar-refractivity contribution >= 4 is 22.9 Å². The number of anilines is 1. The molecular weight excluding hydrogens is 450 g/mol. The highest BCUT2D eigenvalue weighted by atomic mass is 16.2. The number of fused-ring (bicyclic) bond motifs is 1. The Morgan fingerprint density at radius 1 is 1.06 bits per heavy atom. The van der Waals surface area contributed by atoms with Crippen molar-refractivity contribution in [2.45, 2.75) is 39.8 Å². The average Bonchev–Trinajstić information content (AvgIpc) is 2.90. The van der Waals surface area contributed by atoms with Crippen molar-refractivity contribution in [1.82, 2.24) is 19.9 Å². The Morgan fingerprint density at radius 3 is 2.67 bits per heavy atom. The van der Waals surface area contributed by atoms with Crippen molar-refractivity contribution in [1.29, 1.82) is 0 Å². The fourth-order valence-electron chi connectivity index (χ4n) is 4.81. The van der Waals surface area contributed by atoms with E-state index in [2.05, 4.69) is 10.3 Å². The van der Waals surface area contributed by atoms with Gasteiger partial charge in [-0.1, -0.05) is 54.1 Å². The summed E-state index contributed by atoms with van der Waals surface area (Å²) < 4.78 is 1.70. The lowest BCUT2D eigenvalue weighted by molar-refractivity contribution is -0.125. The number of carbonyl (C=O) groups excluding carboxylic acids is 1. The molecule has 7 heteroatoms. The van der Waals surface area contributed by atoms with Gasteiger partial charge in [-0.3, -0.25) is 14.2 Å². The Balaban J connectivity index is 1.40. The lowest BCUT2D eigenvalue weighted by atomic mass is 9.97. The van der Waals surface area contributed by atoms with E-state index in [1.54, 1.807) is 10.8 Å². The Kier molecular flexibility index (Phi) is 6.80. The molecule has 0 bridgehead atoms. The number of aryl methyl sites for hydroxylation is 2. The molecule has 0 spiro atoms. The van der Waals surface area contributed by atoms with Gasteiger partial charge in [0.05, 0.1) is 12.5 Å². The number of amides is 1. The zero-order valence-corrected chi connectivity index (χ0v) is 20.8. The number of carbonyl (C=O) groups is 1. The number of piperidine rings is 1. The van der Waals surface area contributed by atoms with Gasteiger partial charge < -0.3 is 10.2 Å². The molecule has 2 aromatic heterocycles. The van der Waals surface area contributed by atoms with Crippen LogP contribution in [0, 0.1) is 19.8 Å². The molecule has 0 saturated carbocycles. The molecule has 3 heterocycles. The van der Waals surface area contributed by atoms with E-state index in [9.17, 15) is 9.59 Å². The van der Waals surface area contributed by atoms with Crippen LogP contribution < -0.4 is 15.8 Å². The maximum absolute atomic E-state index is 13.7. The second-order valence-electron chi connectivity index (χ2n) is 9.59. The zero-order valence-electron chi connectivity index (χ0n) is 20.8. The molecule has 1 saturated heterocycles. The van der Waals surface area contributed by atoms with Crippen molar-refractivity contribution in [2.75, 3.05) is 18.0 Å². The summed E-state index contributed by atoms with van der Waals surface area (Å²) in [5.74, 6) is 0.212. The third-order valence-corrected chi connectivity index (χ3v) is 6.95. The van der Waals surface area contributed by atoms with E-state index in [-0.39, 0.29) is 17.4 Å². The highest BCUT2D eigenvalue weighted by molar-refractivity contribution is 5.80. The summed E-state index contributed by atoms with van der Waals surface area (Å²) >= 11 is 0. The van der Waals surface area contributed by atoms with Crippen LogP contribution in [0.3, 0.4) is 0 Å². The van der Waals surface area contributed by atoms with Crippen molar-refractivity contribution in [2.24, 2.45) is 5.92 Å². The molecule has 184 valence electrons. The van der Waals surface area contributed by atoms with E-state index < -0.39 is 0 Å². The van der Waals surface area contributed by atoms with Crippen LogP contribution >= 0.6 is 0 Å². The number of benzene rings is 2. The third-order valence-electron chi connectivity index (χ3n) is 6.95. The summed E-state index contributed by atoms with van der Waals surface area (Å²) in [5.41, 5.74) is 5.53. The molecule has 7 nitrogen and oxygen atoms in total. The van der Waals surface area contributed by atoms with Gasteiger partial charge in [0.1, 0.15) is 5.52 Å². The van der Waals surface area contributed by atoms with Crippen molar-refractivity contribution < 1.29 is 4.79 Å². The molecule has 1 aliphatic rings.